The van der Waals surface area contributed by atoms with Crippen molar-refractivity contribution in [2.45, 2.75) is 13.1 Å². The average Bonchev–Trinajstić information content (AvgIpc) is 2.87. The van der Waals surface area contributed by atoms with Crippen LogP contribution in [0, 0.1) is 5.82 Å². The molecule has 0 aliphatic carbocycles. The van der Waals surface area contributed by atoms with Gasteiger partial charge >= 0.3 is 0 Å². The molecule has 0 radical (unpaired) electrons. The van der Waals surface area contributed by atoms with E-state index >= 15 is 0 Å². The highest BCUT2D eigenvalue weighted by atomic mass is 35.5. The van der Waals surface area contributed by atoms with E-state index in [1.54, 1.807) is 6.07 Å². The highest BCUT2D eigenvalue weighted by molar-refractivity contribution is 6.31. The molecule has 0 saturated heterocycles. The summed E-state index contributed by atoms with van der Waals surface area (Å²) in [5.74, 6) is -0.389. The molecular formula is C16H14ClFN2. The first-order chi connectivity index (χ1) is 9.70. The molecule has 1 aromatic heterocycles. The van der Waals surface area contributed by atoms with Gasteiger partial charge in [-0.2, -0.15) is 0 Å². The second-order valence-electron chi connectivity index (χ2n) is 4.72. The van der Waals surface area contributed by atoms with Crippen LogP contribution in [0.1, 0.15) is 11.1 Å². The summed E-state index contributed by atoms with van der Waals surface area (Å²) in [6, 6.07) is 12.9. The van der Waals surface area contributed by atoms with Gasteiger partial charge in [0.1, 0.15) is 5.82 Å². The number of rotatable bonds is 3. The number of nitrogens with zero attached hydrogens (tertiary/aromatic N) is 1. The van der Waals surface area contributed by atoms with Gasteiger partial charge in [0.05, 0.1) is 10.5 Å². The Morgan fingerprint density at radius 1 is 1.05 bits per heavy atom. The molecule has 0 amide bonds. The molecule has 0 aliphatic heterocycles. The van der Waals surface area contributed by atoms with Crippen LogP contribution in [0.3, 0.4) is 0 Å². The molecule has 0 spiro atoms. The van der Waals surface area contributed by atoms with E-state index in [-0.39, 0.29) is 10.8 Å². The Hall–Kier alpha value is -1.84. The molecule has 20 heavy (non-hydrogen) atoms. The van der Waals surface area contributed by atoms with Gasteiger partial charge in [0.2, 0.25) is 0 Å². The van der Waals surface area contributed by atoms with Crippen LogP contribution in [-0.4, -0.2) is 4.57 Å². The van der Waals surface area contributed by atoms with E-state index < -0.39 is 0 Å². The zero-order valence-corrected chi connectivity index (χ0v) is 11.6. The Bertz CT molecular complexity index is 764. The standard InChI is InChI=1S/C16H14ClFN2/c17-15-13(5-2-6-14(15)18)10-20-8-7-11-3-1-4-12(9-19)16(11)20/h1-8H,9-10,19H2. The zero-order chi connectivity index (χ0) is 14.1. The second-order valence-corrected chi connectivity index (χ2v) is 5.09. The smallest absolute Gasteiger partial charge is 0.142 e. The topological polar surface area (TPSA) is 30.9 Å². The maximum absolute atomic E-state index is 13.5. The largest absolute Gasteiger partial charge is 0.343 e. The fourth-order valence-electron chi connectivity index (χ4n) is 2.49. The molecule has 0 atom stereocenters. The van der Waals surface area contributed by atoms with Crippen LogP contribution in [0.5, 0.6) is 0 Å². The van der Waals surface area contributed by atoms with E-state index in [9.17, 15) is 4.39 Å². The Morgan fingerprint density at radius 3 is 2.60 bits per heavy atom. The molecule has 0 bridgehead atoms. The summed E-state index contributed by atoms with van der Waals surface area (Å²) in [5, 5.41) is 1.31. The number of para-hydroxylation sites is 1. The fraction of sp³-hybridized carbons (Fsp3) is 0.125. The summed E-state index contributed by atoms with van der Waals surface area (Å²) in [6.45, 7) is 0.995. The van der Waals surface area contributed by atoms with Crippen molar-refractivity contribution in [1.82, 2.24) is 4.57 Å². The van der Waals surface area contributed by atoms with Crippen LogP contribution in [0.15, 0.2) is 48.7 Å². The molecule has 0 saturated carbocycles. The molecule has 0 unspecified atom stereocenters. The van der Waals surface area contributed by atoms with Crippen LogP contribution >= 0.6 is 11.6 Å². The summed E-state index contributed by atoms with van der Waals surface area (Å²) >= 11 is 6.02. The highest BCUT2D eigenvalue weighted by Gasteiger charge is 2.09. The summed E-state index contributed by atoms with van der Waals surface area (Å²) < 4.78 is 15.6. The quantitative estimate of drug-likeness (QED) is 0.777. The third-order valence-corrected chi connectivity index (χ3v) is 3.89. The molecule has 102 valence electrons. The normalized spacial score (nSPS) is 11.2. The third kappa shape index (κ3) is 2.19. The van der Waals surface area contributed by atoms with Gasteiger partial charge in [-0.25, -0.2) is 4.39 Å². The van der Waals surface area contributed by atoms with Gasteiger partial charge in [-0.1, -0.05) is 41.9 Å². The molecule has 0 aliphatic rings. The van der Waals surface area contributed by atoms with Gasteiger partial charge in [-0.15, -0.1) is 0 Å². The molecular weight excluding hydrogens is 275 g/mol. The minimum absolute atomic E-state index is 0.180. The first-order valence-corrected chi connectivity index (χ1v) is 6.78. The highest BCUT2D eigenvalue weighted by Crippen LogP contribution is 2.25. The van der Waals surface area contributed by atoms with Gasteiger partial charge in [-0.05, 0) is 28.6 Å². The van der Waals surface area contributed by atoms with Gasteiger partial charge in [0, 0.05) is 19.3 Å². The summed E-state index contributed by atoms with van der Waals surface area (Å²) in [6.07, 6.45) is 1.98. The van der Waals surface area contributed by atoms with Crippen LogP contribution < -0.4 is 5.73 Å². The lowest BCUT2D eigenvalue weighted by molar-refractivity contribution is 0.624. The van der Waals surface area contributed by atoms with Crippen LogP contribution in [-0.2, 0) is 13.1 Å². The van der Waals surface area contributed by atoms with Crippen molar-refractivity contribution >= 4 is 22.5 Å². The third-order valence-electron chi connectivity index (χ3n) is 3.46. The van der Waals surface area contributed by atoms with Crippen LogP contribution in [0.2, 0.25) is 5.02 Å². The van der Waals surface area contributed by atoms with Crippen molar-refractivity contribution in [2.75, 3.05) is 0 Å². The molecule has 1 heterocycles. The van der Waals surface area contributed by atoms with Crippen LogP contribution in [0.4, 0.5) is 4.39 Å². The predicted octanol–water partition coefficient (Wildman–Crippen LogP) is 3.94. The molecule has 3 rings (SSSR count). The van der Waals surface area contributed by atoms with Crippen molar-refractivity contribution in [1.29, 1.82) is 0 Å². The fourth-order valence-corrected chi connectivity index (χ4v) is 2.68. The molecule has 2 aromatic carbocycles. The number of halogens is 2. The minimum Gasteiger partial charge on any atom is -0.343 e. The van der Waals surface area contributed by atoms with E-state index in [1.165, 1.54) is 6.07 Å². The Balaban J connectivity index is 2.09. The van der Waals surface area contributed by atoms with Crippen molar-refractivity contribution in [2.24, 2.45) is 5.73 Å². The predicted molar refractivity (Wildman–Crippen MR) is 80.3 cm³/mol. The van der Waals surface area contributed by atoms with Crippen molar-refractivity contribution in [3.63, 3.8) is 0 Å². The number of fused-ring (bicyclic) bond motifs is 1. The van der Waals surface area contributed by atoms with E-state index in [2.05, 4.69) is 4.57 Å². The molecule has 0 fully saturated rings. The Kier molecular flexibility index (Phi) is 3.47. The lowest BCUT2D eigenvalue weighted by Crippen LogP contribution is -2.04. The molecule has 3 aromatic rings. The summed E-state index contributed by atoms with van der Waals surface area (Å²) in [5.41, 5.74) is 8.70. The van der Waals surface area contributed by atoms with Crippen molar-refractivity contribution < 1.29 is 4.39 Å². The Labute approximate surface area is 121 Å². The SMILES string of the molecule is NCc1cccc2ccn(Cc3cccc(F)c3Cl)c12. The van der Waals surface area contributed by atoms with Gasteiger partial charge in [0.25, 0.3) is 0 Å². The number of nitrogens with two attached hydrogens (primary N) is 1. The van der Waals surface area contributed by atoms with E-state index in [1.807, 2.05) is 36.5 Å². The number of hydrogen-bond acceptors (Lipinski definition) is 1. The summed E-state index contributed by atoms with van der Waals surface area (Å²) in [7, 11) is 0. The Morgan fingerprint density at radius 2 is 1.80 bits per heavy atom. The minimum atomic E-state index is -0.389. The maximum atomic E-state index is 13.5. The number of benzene rings is 2. The molecule has 2 nitrogen and oxygen atoms in total. The first kappa shape index (κ1) is 13.2. The zero-order valence-electron chi connectivity index (χ0n) is 10.8. The number of hydrogen-bond donors (Lipinski definition) is 1. The first-order valence-electron chi connectivity index (χ1n) is 6.40. The lowest BCUT2D eigenvalue weighted by atomic mass is 10.1. The lowest BCUT2D eigenvalue weighted by Gasteiger charge is -2.10. The van der Waals surface area contributed by atoms with Crippen LogP contribution in [0.25, 0.3) is 10.9 Å². The van der Waals surface area contributed by atoms with Crippen molar-refractivity contribution in [3.05, 3.63) is 70.6 Å². The number of aromatic nitrogens is 1. The van der Waals surface area contributed by atoms with E-state index in [0.717, 1.165) is 22.0 Å². The van der Waals surface area contributed by atoms with Gasteiger partial charge in [-0.3, -0.25) is 0 Å². The maximum Gasteiger partial charge on any atom is 0.142 e. The molecule has 2 N–H and O–H groups in total. The molecule has 4 heteroatoms. The monoisotopic (exact) mass is 288 g/mol. The second kappa shape index (κ2) is 5.27. The van der Waals surface area contributed by atoms with E-state index in [4.69, 9.17) is 17.3 Å². The van der Waals surface area contributed by atoms with Crippen molar-refractivity contribution in [3.8, 4) is 0 Å². The average molecular weight is 289 g/mol. The van der Waals surface area contributed by atoms with E-state index in [0.29, 0.717) is 13.1 Å². The summed E-state index contributed by atoms with van der Waals surface area (Å²) in [4.78, 5) is 0. The van der Waals surface area contributed by atoms with Gasteiger partial charge < -0.3 is 10.3 Å². The van der Waals surface area contributed by atoms with Gasteiger partial charge in [0.15, 0.2) is 0 Å².